The van der Waals surface area contributed by atoms with Crippen LogP contribution >= 0.6 is 11.8 Å². The Balaban J connectivity index is 2.02. The highest BCUT2D eigenvalue weighted by atomic mass is 32.2. The minimum absolute atomic E-state index is 0.00842. The molecule has 1 aromatic rings. The zero-order valence-electron chi connectivity index (χ0n) is 14.1. The van der Waals surface area contributed by atoms with E-state index in [2.05, 4.69) is 24.1 Å². The Morgan fingerprint density at radius 1 is 1.26 bits per heavy atom. The van der Waals surface area contributed by atoms with Crippen LogP contribution < -0.4 is 5.32 Å². The second-order valence-electron chi connectivity index (χ2n) is 6.49. The molecule has 1 aliphatic rings. The monoisotopic (exact) mass is 336 g/mol. The Hall–Kier alpha value is -1.04. The molecular formula is C18H28N2O2S. The van der Waals surface area contributed by atoms with E-state index in [9.17, 15) is 9.90 Å². The first kappa shape index (κ1) is 18.3. The number of aliphatic hydroxyl groups excluding tert-OH is 1. The first-order valence-electron chi connectivity index (χ1n) is 8.40. The first-order chi connectivity index (χ1) is 11.1. The van der Waals surface area contributed by atoms with Crippen LogP contribution in [0.3, 0.4) is 0 Å². The first-order valence-corrected chi connectivity index (χ1v) is 9.56. The van der Waals surface area contributed by atoms with Crippen LogP contribution in [-0.4, -0.2) is 53.2 Å². The van der Waals surface area contributed by atoms with Gasteiger partial charge in [0, 0.05) is 31.1 Å². The van der Waals surface area contributed by atoms with E-state index in [-0.39, 0.29) is 11.9 Å². The minimum Gasteiger partial charge on any atom is -0.391 e. The van der Waals surface area contributed by atoms with E-state index in [4.69, 9.17) is 0 Å². The molecule has 2 unspecified atom stereocenters. The lowest BCUT2D eigenvalue weighted by Crippen LogP contribution is -2.45. The summed E-state index contributed by atoms with van der Waals surface area (Å²) in [5.74, 6) is 2.54. The van der Waals surface area contributed by atoms with E-state index in [0.717, 1.165) is 30.2 Å². The number of benzene rings is 1. The molecule has 128 valence electrons. The number of rotatable bonds is 7. The molecule has 2 N–H and O–H groups in total. The molecule has 2 atom stereocenters. The Kier molecular flexibility index (Phi) is 7.40. The van der Waals surface area contributed by atoms with Gasteiger partial charge in [-0.15, -0.1) is 0 Å². The van der Waals surface area contributed by atoms with Gasteiger partial charge < -0.3 is 10.4 Å². The molecule has 1 fully saturated rings. The lowest BCUT2D eigenvalue weighted by atomic mass is 10.0. The maximum Gasteiger partial charge on any atom is 0.242 e. The van der Waals surface area contributed by atoms with Crippen LogP contribution in [0.25, 0.3) is 0 Å². The summed E-state index contributed by atoms with van der Waals surface area (Å²) in [6.07, 6.45) is 0.226. The maximum atomic E-state index is 12.8. The summed E-state index contributed by atoms with van der Waals surface area (Å²) in [4.78, 5) is 15.0. The molecule has 5 heteroatoms. The highest BCUT2D eigenvalue weighted by Gasteiger charge is 2.28. The topological polar surface area (TPSA) is 52.6 Å². The number of aliphatic hydroxyl groups is 1. The minimum atomic E-state index is -0.479. The van der Waals surface area contributed by atoms with E-state index in [1.54, 1.807) is 0 Å². The van der Waals surface area contributed by atoms with Crippen LogP contribution in [0.2, 0.25) is 0 Å². The summed E-state index contributed by atoms with van der Waals surface area (Å²) in [5.41, 5.74) is 1.02. The van der Waals surface area contributed by atoms with Gasteiger partial charge in [-0.25, -0.2) is 0 Å². The summed E-state index contributed by atoms with van der Waals surface area (Å²) >= 11 is 1.93. The van der Waals surface area contributed by atoms with Crippen LogP contribution in [0, 0.1) is 5.92 Å². The molecule has 1 aromatic carbocycles. The van der Waals surface area contributed by atoms with Gasteiger partial charge in [0.15, 0.2) is 0 Å². The summed E-state index contributed by atoms with van der Waals surface area (Å²) in [6.45, 7) is 6.31. The van der Waals surface area contributed by atoms with E-state index in [0.29, 0.717) is 18.9 Å². The fourth-order valence-corrected chi connectivity index (χ4v) is 3.87. The fraction of sp³-hybridized carbons (Fsp3) is 0.611. The van der Waals surface area contributed by atoms with Gasteiger partial charge in [0.25, 0.3) is 0 Å². The molecule has 1 aliphatic heterocycles. The Labute approximate surface area is 143 Å². The summed E-state index contributed by atoms with van der Waals surface area (Å²) in [6, 6.07) is 9.68. The molecule has 0 radical (unpaired) electrons. The van der Waals surface area contributed by atoms with Gasteiger partial charge in [-0.2, -0.15) is 11.8 Å². The van der Waals surface area contributed by atoms with Gasteiger partial charge >= 0.3 is 0 Å². The number of carbonyl (C=O) groups excluding carboxylic acids is 1. The smallest absolute Gasteiger partial charge is 0.242 e. The van der Waals surface area contributed by atoms with Crippen molar-refractivity contribution in [2.24, 2.45) is 5.92 Å². The maximum absolute atomic E-state index is 12.8. The van der Waals surface area contributed by atoms with Crippen molar-refractivity contribution in [3.8, 4) is 0 Å². The second-order valence-corrected chi connectivity index (χ2v) is 7.71. The van der Waals surface area contributed by atoms with Gasteiger partial charge in [0.1, 0.15) is 6.04 Å². The van der Waals surface area contributed by atoms with Gasteiger partial charge in [0.05, 0.1) is 6.10 Å². The predicted octanol–water partition coefficient (Wildman–Crippen LogP) is 2.30. The number of thioether (sulfide) groups is 1. The Morgan fingerprint density at radius 2 is 1.91 bits per heavy atom. The van der Waals surface area contributed by atoms with Crippen LogP contribution in [0.1, 0.15) is 31.9 Å². The normalized spacial score (nSPS) is 18.6. The third-order valence-corrected chi connectivity index (χ3v) is 4.97. The molecule has 0 spiro atoms. The average Bonchev–Trinajstić information content (AvgIpc) is 2.55. The molecular weight excluding hydrogens is 308 g/mol. The van der Waals surface area contributed by atoms with Gasteiger partial charge in [-0.1, -0.05) is 44.2 Å². The Bertz CT molecular complexity index is 475. The molecule has 4 nitrogen and oxygen atoms in total. The standard InChI is InChI=1S/C18H28N2O2S/c1-14(2)12-16(21)13-19-18(22)17(15-6-4-3-5-7-15)20-8-10-23-11-9-20/h3-7,14,16-17,21H,8-13H2,1-2H3,(H,19,22). The third kappa shape index (κ3) is 5.83. The zero-order valence-corrected chi connectivity index (χ0v) is 14.9. The molecule has 0 aliphatic carbocycles. The second kappa shape index (κ2) is 9.30. The number of nitrogens with one attached hydrogen (secondary N) is 1. The molecule has 23 heavy (non-hydrogen) atoms. The quantitative estimate of drug-likeness (QED) is 0.802. The van der Waals surface area contributed by atoms with E-state index < -0.39 is 6.10 Å². The molecule has 2 rings (SSSR count). The lowest BCUT2D eigenvalue weighted by molar-refractivity contribution is -0.127. The van der Waals surface area contributed by atoms with Crippen molar-refractivity contribution in [2.45, 2.75) is 32.4 Å². The Morgan fingerprint density at radius 3 is 2.52 bits per heavy atom. The number of nitrogens with zero attached hydrogens (tertiary/aromatic N) is 1. The van der Waals surface area contributed by atoms with Crippen molar-refractivity contribution in [3.63, 3.8) is 0 Å². The van der Waals surface area contributed by atoms with Crippen molar-refractivity contribution in [1.29, 1.82) is 0 Å². The van der Waals surface area contributed by atoms with Crippen molar-refractivity contribution < 1.29 is 9.90 Å². The number of hydrogen-bond donors (Lipinski definition) is 2. The summed E-state index contributed by atoms with van der Waals surface area (Å²) in [5, 5.41) is 12.9. The summed E-state index contributed by atoms with van der Waals surface area (Å²) in [7, 11) is 0. The van der Waals surface area contributed by atoms with Gasteiger partial charge in [-0.05, 0) is 17.9 Å². The van der Waals surface area contributed by atoms with Crippen molar-refractivity contribution in [2.75, 3.05) is 31.1 Å². The molecule has 0 saturated carbocycles. The van der Waals surface area contributed by atoms with Crippen molar-refractivity contribution in [3.05, 3.63) is 35.9 Å². The molecule has 1 saturated heterocycles. The molecule has 1 amide bonds. The van der Waals surface area contributed by atoms with Crippen molar-refractivity contribution >= 4 is 17.7 Å². The fourth-order valence-electron chi connectivity index (χ4n) is 2.94. The van der Waals surface area contributed by atoms with E-state index in [1.807, 2.05) is 42.1 Å². The van der Waals surface area contributed by atoms with Crippen molar-refractivity contribution in [1.82, 2.24) is 10.2 Å². The van der Waals surface area contributed by atoms with Crippen LogP contribution in [0.5, 0.6) is 0 Å². The van der Waals surface area contributed by atoms with Crippen LogP contribution in [0.4, 0.5) is 0 Å². The zero-order chi connectivity index (χ0) is 16.7. The summed E-state index contributed by atoms with van der Waals surface area (Å²) < 4.78 is 0. The van der Waals surface area contributed by atoms with Crippen LogP contribution in [0.15, 0.2) is 30.3 Å². The lowest BCUT2D eigenvalue weighted by Gasteiger charge is -2.33. The van der Waals surface area contributed by atoms with Gasteiger partial charge in [0.2, 0.25) is 5.91 Å². The number of hydrogen-bond acceptors (Lipinski definition) is 4. The largest absolute Gasteiger partial charge is 0.391 e. The SMILES string of the molecule is CC(C)CC(O)CNC(=O)C(c1ccccc1)N1CCSCC1. The van der Waals surface area contributed by atoms with Gasteiger partial charge in [-0.3, -0.25) is 9.69 Å². The molecule has 0 aromatic heterocycles. The average molecular weight is 337 g/mol. The predicted molar refractivity (Wildman–Crippen MR) is 96.6 cm³/mol. The highest BCUT2D eigenvalue weighted by molar-refractivity contribution is 7.99. The third-order valence-electron chi connectivity index (χ3n) is 4.03. The van der Waals surface area contributed by atoms with E-state index in [1.165, 1.54) is 0 Å². The van der Waals surface area contributed by atoms with Crippen LogP contribution in [-0.2, 0) is 4.79 Å². The molecule has 1 heterocycles. The highest BCUT2D eigenvalue weighted by Crippen LogP contribution is 2.24. The number of amides is 1. The number of carbonyl (C=O) groups is 1. The molecule has 0 bridgehead atoms. The van der Waals surface area contributed by atoms with E-state index >= 15 is 0 Å².